The summed E-state index contributed by atoms with van der Waals surface area (Å²) in [6.07, 6.45) is 23.9. The number of nitrogens with zero attached hydrogens (tertiary/aromatic N) is 1. The van der Waals surface area contributed by atoms with Gasteiger partial charge in [-0.2, -0.15) is 0 Å². The number of sulfone groups is 1. The highest BCUT2D eigenvalue weighted by atomic mass is 32.2. The second-order valence-corrected chi connectivity index (χ2v) is 12.1. The third-order valence-electron chi connectivity index (χ3n) is 5.65. The van der Waals surface area contributed by atoms with E-state index in [0.29, 0.717) is 17.7 Å². The van der Waals surface area contributed by atoms with E-state index < -0.39 is 9.84 Å². The van der Waals surface area contributed by atoms with Crippen molar-refractivity contribution < 1.29 is 12.9 Å². The lowest BCUT2D eigenvalue weighted by Crippen LogP contribution is -2.36. The van der Waals surface area contributed by atoms with Crippen LogP contribution in [0.2, 0.25) is 0 Å². The van der Waals surface area contributed by atoms with Crippen molar-refractivity contribution in [3.8, 4) is 0 Å². The lowest BCUT2D eigenvalue weighted by atomic mass is 10.1. The van der Waals surface area contributed by atoms with Crippen LogP contribution in [0.25, 0.3) is 0 Å². The summed E-state index contributed by atoms with van der Waals surface area (Å²) in [4.78, 5) is 0.444. The number of hydrogen-bond donors (Lipinski definition) is 0. The minimum Gasteiger partial charge on any atom is -0.331 e. The molecule has 0 atom stereocenters. The van der Waals surface area contributed by atoms with E-state index in [2.05, 4.69) is 46.8 Å². The summed E-state index contributed by atoms with van der Waals surface area (Å²) in [5.74, 6) is 0.244. The van der Waals surface area contributed by atoms with Crippen LogP contribution in [0.3, 0.4) is 0 Å². The molecule has 0 rings (SSSR count). The molecule has 0 bridgehead atoms. The summed E-state index contributed by atoms with van der Waals surface area (Å²) in [7, 11) is 3.16. The van der Waals surface area contributed by atoms with Gasteiger partial charge in [0.25, 0.3) is 0 Å². The lowest BCUT2D eigenvalue weighted by Gasteiger charge is -2.23. The largest absolute Gasteiger partial charge is 0.331 e. The highest BCUT2D eigenvalue weighted by Crippen LogP contribution is 2.17. The van der Waals surface area contributed by atoms with Crippen molar-refractivity contribution >= 4 is 9.84 Å². The maximum absolute atomic E-state index is 12.3. The van der Waals surface area contributed by atoms with Gasteiger partial charge in [0.15, 0.2) is 9.84 Å². The molecule has 0 aromatic heterocycles. The maximum atomic E-state index is 12.3. The summed E-state index contributed by atoms with van der Waals surface area (Å²) in [5.41, 5.74) is 0. The third kappa shape index (κ3) is 19.4. The fraction of sp³-hybridized carbons (Fsp3) is 0.846. The molecule has 4 heteroatoms. The van der Waals surface area contributed by atoms with Gasteiger partial charge in [-0.15, -0.1) is 0 Å². The number of hydrogen-bond acceptors (Lipinski definition) is 2. The first kappa shape index (κ1) is 29.4. The van der Waals surface area contributed by atoms with Crippen LogP contribution in [-0.4, -0.2) is 46.3 Å². The van der Waals surface area contributed by atoms with Crippen molar-refractivity contribution in [3.63, 3.8) is 0 Å². The molecule has 0 fully saturated rings. The van der Waals surface area contributed by atoms with E-state index in [0.717, 1.165) is 23.9 Å². The number of quaternary nitrogens is 1. The van der Waals surface area contributed by atoms with Crippen LogP contribution in [-0.2, 0) is 9.84 Å². The van der Waals surface area contributed by atoms with Crippen LogP contribution in [0, 0.1) is 0 Å². The van der Waals surface area contributed by atoms with E-state index in [9.17, 15) is 8.42 Å². The second kappa shape index (κ2) is 18.0. The van der Waals surface area contributed by atoms with E-state index in [4.69, 9.17) is 0 Å². The van der Waals surface area contributed by atoms with Crippen LogP contribution < -0.4 is 0 Å². The van der Waals surface area contributed by atoms with Gasteiger partial charge < -0.3 is 4.48 Å². The van der Waals surface area contributed by atoms with Crippen LogP contribution in [0.1, 0.15) is 110 Å². The van der Waals surface area contributed by atoms with Crippen molar-refractivity contribution in [2.24, 2.45) is 0 Å². The molecule has 0 aliphatic heterocycles. The zero-order chi connectivity index (χ0) is 22.7. The molecule has 30 heavy (non-hydrogen) atoms. The Hall–Kier alpha value is -0.610. The molecule has 0 aliphatic carbocycles. The molecule has 178 valence electrons. The van der Waals surface area contributed by atoms with Gasteiger partial charge in [0, 0.05) is 11.3 Å². The Morgan fingerprint density at radius 1 is 0.733 bits per heavy atom. The Labute approximate surface area is 189 Å². The second-order valence-electron chi connectivity index (χ2n) is 9.91. The third-order valence-corrected chi connectivity index (χ3v) is 7.56. The molecule has 0 saturated carbocycles. The summed E-state index contributed by atoms with van der Waals surface area (Å²) in [6, 6.07) is 0. The minimum absolute atomic E-state index is 0.244. The van der Waals surface area contributed by atoms with Gasteiger partial charge >= 0.3 is 0 Å². The van der Waals surface area contributed by atoms with E-state index in [-0.39, 0.29) is 5.75 Å². The van der Waals surface area contributed by atoms with E-state index in [1.807, 2.05) is 0 Å². The Bertz CT molecular complexity index is 544. The van der Waals surface area contributed by atoms with Crippen molar-refractivity contribution in [1.29, 1.82) is 0 Å². The van der Waals surface area contributed by atoms with Crippen molar-refractivity contribution in [2.45, 2.75) is 110 Å². The average molecular weight is 443 g/mol. The molecule has 0 amide bonds. The number of rotatable bonds is 21. The molecule has 0 unspecified atom stereocenters. The highest BCUT2D eigenvalue weighted by Gasteiger charge is 2.17. The van der Waals surface area contributed by atoms with Crippen LogP contribution >= 0.6 is 0 Å². The fourth-order valence-electron chi connectivity index (χ4n) is 3.60. The van der Waals surface area contributed by atoms with Gasteiger partial charge in [-0.05, 0) is 38.5 Å². The molecule has 0 aromatic rings. The Morgan fingerprint density at radius 2 is 1.20 bits per heavy atom. The zero-order valence-corrected chi connectivity index (χ0v) is 21.6. The molecule has 0 heterocycles. The standard InChI is InChI=1S/C26H52NO2S/c1-6-7-8-9-10-11-12-13-14-15-16-17-18-19-20-21-23-26(2)30(28,29)25-22-24-27(3,4)5/h13-14H,2,6-12,15-25H2,1,3-5H3/q+1/b14-13-. The van der Waals surface area contributed by atoms with Crippen molar-refractivity contribution in [3.05, 3.63) is 23.6 Å². The number of allylic oxidation sites excluding steroid dienone is 3. The fourth-order valence-corrected chi connectivity index (χ4v) is 4.85. The molecular formula is C26H52NO2S+. The lowest BCUT2D eigenvalue weighted by molar-refractivity contribution is -0.870. The van der Waals surface area contributed by atoms with E-state index in [1.165, 1.54) is 77.0 Å². The first-order valence-electron chi connectivity index (χ1n) is 12.5. The Kier molecular flexibility index (Phi) is 17.6. The monoisotopic (exact) mass is 442 g/mol. The van der Waals surface area contributed by atoms with Gasteiger partial charge in [-0.1, -0.05) is 83.4 Å². The summed E-state index contributed by atoms with van der Waals surface area (Å²) < 4.78 is 25.4. The molecular weight excluding hydrogens is 390 g/mol. The van der Waals surface area contributed by atoms with Gasteiger partial charge in [-0.25, -0.2) is 8.42 Å². The van der Waals surface area contributed by atoms with Gasteiger partial charge in [0.1, 0.15) is 0 Å². The van der Waals surface area contributed by atoms with Crippen LogP contribution in [0.4, 0.5) is 0 Å². The topological polar surface area (TPSA) is 34.1 Å². The predicted octanol–water partition coefficient (Wildman–Crippen LogP) is 7.44. The first-order valence-corrected chi connectivity index (χ1v) is 14.2. The maximum Gasteiger partial charge on any atom is 0.174 e. The van der Waals surface area contributed by atoms with Gasteiger partial charge in [-0.3, -0.25) is 0 Å². The zero-order valence-electron chi connectivity index (χ0n) is 20.8. The van der Waals surface area contributed by atoms with E-state index in [1.54, 1.807) is 0 Å². The molecule has 0 spiro atoms. The van der Waals surface area contributed by atoms with Gasteiger partial charge in [0.05, 0.1) is 33.4 Å². The molecule has 0 aromatic carbocycles. The summed E-state index contributed by atoms with van der Waals surface area (Å²) >= 11 is 0. The summed E-state index contributed by atoms with van der Waals surface area (Å²) in [6.45, 7) is 6.99. The average Bonchev–Trinajstić information content (AvgIpc) is 2.66. The predicted molar refractivity (Wildman–Crippen MR) is 135 cm³/mol. The molecule has 3 nitrogen and oxygen atoms in total. The summed E-state index contributed by atoms with van der Waals surface area (Å²) in [5, 5.41) is 0. The Balaban J connectivity index is 3.54. The molecule has 0 aliphatic rings. The first-order chi connectivity index (χ1) is 14.2. The van der Waals surface area contributed by atoms with E-state index >= 15 is 0 Å². The molecule has 0 radical (unpaired) electrons. The van der Waals surface area contributed by atoms with Crippen molar-refractivity contribution in [2.75, 3.05) is 33.4 Å². The molecule has 0 N–H and O–H groups in total. The number of unbranched alkanes of at least 4 members (excludes halogenated alkanes) is 12. The highest BCUT2D eigenvalue weighted by molar-refractivity contribution is 7.95. The molecule has 0 saturated heterocycles. The van der Waals surface area contributed by atoms with Gasteiger partial charge in [0.2, 0.25) is 0 Å². The van der Waals surface area contributed by atoms with Crippen molar-refractivity contribution in [1.82, 2.24) is 0 Å². The smallest absolute Gasteiger partial charge is 0.174 e. The SMILES string of the molecule is C=C(CCCCCCCC/C=C\CCCCCCCC)S(=O)(=O)CCC[N+](C)(C)C. The normalized spacial score (nSPS) is 12.7. The van der Waals surface area contributed by atoms with Crippen LogP contribution in [0.5, 0.6) is 0 Å². The minimum atomic E-state index is -3.12. The quantitative estimate of drug-likeness (QED) is 0.105. The Morgan fingerprint density at radius 3 is 1.70 bits per heavy atom. The van der Waals surface area contributed by atoms with Crippen LogP contribution in [0.15, 0.2) is 23.6 Å².